The summed E-state index contributed by atoms with van der Waals surface area (Å²) in [6.45, 7) is 2.42. The van der Waals surface area contributed by atoms with E-state index < -0.39 is 0 Å². The smallest absolute Gasteiger partial charge is 0.276 e. The van der Waals surface area contributed by atoms with Crippen LogP contribution in [0.15, 0.2) is 22.8 Å². The van der Waals surface area contributed by atoms with Crippen molar-refractivity contribution in [1.29, 1.82) is 0 Å². The quantitative estimate of drug-likeness (QED) is 0.854. The summed E-state index contributed by atoms with van der Waals surface area (Å²) in [5.74, 6) is 2.39. The van der Waals surface area contributed by atoms with Crippen LogP contribution in [0.4, 0.5) is 0 Å². The number of carbonyl (C=O) groups excluding carboxylic acids is 1. The minimum atomic E-state index is -0.0609. The number of amides is 1. The first-order chi connectivity index (χ1) is 12.1. The molecule has 0 radical (unpaired) electrons. The molecule has 0 bridgehead atoms. The Morgan fingerprint density at radius 3 is 2.56 bits per heavy atom. The third-order valence-electron chi connectivity index (χ3n) is 5.09. The molecular formula is C19H22N2O4. The fraction of sp³-hybridized carbons (Fsp3) is 0.474. The highest BCUT2D eigenvalue weighted by molar-refractivity contribution is 5.92. The molecule has 4 rings (SSSR count). The summed E-state index contributed by atoms with van der Waals surface area (Å²) < 4.78 is 16.1. The van der Waals surface area contributed by atoms with Crippen LogP contribution in [0.2, 0.25) is 0 Å². The Hall–Kier alpha value is -2.50. The summed E-state index contributed by atoms with van der Waals surface area (Å²) >= 11 is 0. The van der Waals surface area contributed by atoms with Gasteiger partial charge in [0.15, 0.2) is 23.1 Å². The van der Waals surface area contributed by atoms with Gasteiger partial charge in [-0.15, -0.1) is 0 Å². The second kappa shape index (κ2) is 6.10. The van der Waals surface area contributed by atoms with Gasteiger partial charge in [0.25, 0.3) is 5.91 Å². The van der Waals surface area contributed by atoms with E-state index in [4.69, 9.17) is 13.9 Å². The maximum atomic E-state index is 13.0. The summed E-state index contributed by atoms with van der Waals surface area (Å²) in [6.07, 6.45) is 4.52. The lowest BCUT2D eigenvalue weighted by molar-refractivity contribution is 0.0628. The molecule has 132 valence electrons. The van der Waals surface area contributed by atoms with Crippen LogP contribution in [0.3, 0.4) is 0 Å². The van der Waals surface area contributed by atoms with E-state index in [1.54, 1.807) is 21.1 Å². The molecule has 6 nitrogen and oxygen atoms in total. The Morgan fingerprint density at radius 1 is 1.24 bits per heavy atom. The molecule has 25 heavy (non-hydrogen) atoms. The summed E-state index contributed by atoms with van der Waals surface area (Å²) in [5, 5.41) is 0. The van der Waals surface area contributed by atoms with Crippen LogP contribution in [-0.2, 0) is 6.42 Å². The predicted octanol–water partition coefficient (Wildman–Crippen LogP) is 3.15. The van der Waals surface area contributed by atoms with Gasteiger partial charge in [0.05, 0.1) is 20.3 Å². The Labute approximate surface area is 146 Å². The molecule has 0 spiro atoms. The molecule has 0 N–H and O–H groups in total. The zero-order valence-electron chi connectivity index (χ0n) is 14.7. The number of aryl methyl sites for hydroxylation is 1. The number of ether oxygens (including phenoxy) is 2. The average Bonchev–Trinajstić information content (AvgIpc) is 3.38. The summed E-state index contributed by atoms with van der Waals surface area (Å²) in [6, 6.07) is 4.14. The Bertz CT molecular complexity index is 810. The number of hydrogen-bond acceptors (Lipinski definition) is 5. The molecule has 2 heterocycles. The van der Waals surface area contributed by atoms with Crippen molar-refractivity contribution in [2.75, 3.05) is 20.8 Å². The van der Waals surface area contributed by atoms with E-state index in [2.05, 4.69) is 4.98 Å². The first-order valence-electron chi connectivity index (χ1n) is 8.60. The van der Waals surface area contributed by atoms with Crippen LogP contribution in [0, 0.1) is 12.8 Å². The average molecular weight is 342 g/mol. The monoisotopic (exact) mass is 342 g/mol. The van der Waals surface area contributed by atoms with E-state index in [1.807, 2.05) is 17.0 Å². The minimum Gasteiger partial charge on any atom is -0.493 e. The van der Waals surface area contributed by atoms with Gasteiger partial charge >= 0.3 is 0 Å². The van der Waals surface area contributed by atoms with Crippen LogP contribution in [-0.4, -0.2) is 36.6 Å². The van der Waals surface area contributed by atoms with E-state index in [0.29, 0.717) is 29.8 Å². The van der Waals surface area contributed by atoms with Crippen LogP contribution in [0.25, 0.3) is 0 Å². The van der Waals surface area contributed by atoms with Crippen molar-refractivity contribution in [2.24, 2.45) is 5.92 Å². The lowest BCUT2D eigenvalue weighted by Gasteiger charge is -2.37. The van der Waals surface area contributed by atoms with Crippen molar-refractivity contribution in [2.45, 2.75) is 32.2 Å². The Kier molecular flexibility index (Phi) is 3.90. The zero-order valence-corrected chi connectivity index (χ0v) is 14.7. The van der Waals surface area contributed by atoms with E-state index in [0.717, 1.165) is 25.0 Å². The number of nitrogens with zero attached hydrogens (tertiary/aromatic N) is 2. The van der Waals surface area contributed by atoms with Gasteiger partial charge < -0.3 is 18.8 Å². The van der Waals surface area contributed by atoms with Crippen LogP contribution < -0.4 is 9.47 Å². The molecular weight excluding hydrogens is 320 g/mol. The van der Waals surface area contributed by atoms with Gasteiger partial charge in [-0.3, -0.25) is 4.79 Å². The van der Waals surface area contributed by atoms with Crippen molar-refractivity contribution >= 4 is 5.91 Å². The van der Waals surface area contributed by atoms with Gasteiger partial charge in [0, 0.05) is 13.5 Å². The topological polar surface area (TPSA) is 64.8 Å². The third kappa shape index (κ3) is 2.75. The highest BCUT2D eigenvalue weighted by atomic mass is 16.5. The molecule has 1 aromatic carbocycles. The molecule has 2 aliphatic rings. The zero-order chi connectivity index (χ0) is 17.6. The standard InChI is InChI=1S/C19H22N2O4/c1-11-20-15(10-25-11)19(22)21-7-6-13-8-16(23-2)17(24-3)9-14(13)18(21)12-4-5-12/h8-10,12,18H,4-7H2,1-3H3. The molecule has 1 unspecified atom stereocenters. The number of benzene rings is 1. The SMILES string of the molecule is COc1cc2c(cc1OC)C(C1CC1)N(C(=O)c1coc(C)n1)CC2. The van der Waals surface area contributed by atoms with Crippen molar-refractivity contribution in [3.05, 3.63) is 41.1 Å². The first-order valence-corrected chi connectivity index (χ1v) is 8.60. The number of fused-ring (bicyclic) bond motifs is 1. The van der Waals surface area contributed by atoms with Gasteiger partial charge in [-0.25, -0.2) is 4.98 Å². The van der Waals surface area contributed by atoms with Gasteiger partial charge in [0.2, 0.25) is 0 Å². The van der Waals surface area contributed by atoms with E-state index in [9.17, 15) is 4.79 Å². The van der Waals surface area contributed by atoms with Gasteiger partial charge in [0.1, 0.15) is 6.26 Å². The normalized spacial score (nSPS) is 19.5. The lowest BCUT2D eigenvalue weighted by atomic mass is 9.89. The number of rotatable bonds is 4. The lowest BCUT2D eigenvalue weighted by Crippen LogP contribution is -2.41. The van der Waals surface area contributed by atoms with E-state index in [-0.39, 0.29) is 11.9 Å². The summed E-state index contributed by atoms with van der Waals surface area (Å²) in [7, 11) is 3.29. The highest BCUT2D eigenvalue weighted by Crippen LogP contribution is 2.49. The fourth-order valence-corrected chi connectivity index (χ4v) is 3.73. The third-order valence-corrected chi connectivity index (χ3v) is 5.09. The van der Waals surface area contributed by atoms with Gasteiger partial charge in [-0.2, -0.15) is 0 Å². The highest BCUT2D eigenvalue weighted by Gasteiger charge is 2.42. The van der Waals surface area contributed by atoms with Crippen molar-refractivity contribution in [3.63, 3.8) is 0 Å². The maximum Gasteiger partial charge on any atom is 0.276 e. The molecule has 2 aromatic rings. The molecule has 0 saturated heterocycles. The Balaban J connectivity index is 1.74. The summed E-state index contributed by atoms with van der Waals surface area (Å²) in [5.41, 5.74) is 2.78. The predicted molar refractivity (Wildman–Crippen MR) is 91.0 cm³/mol. The molecule has 1 fully saturated rings. The number of carbonyl (C=O) groups is 1. The van der Waals surface area contributed by atoms with Gasteiger partial charge in [-0.05, 0) is 48.4 Å². The first kappa shape index (κ1) is 16.0. The van der Waals surface area contributed by atoms with Crippen LogP contribution >= 0.6 is 0 Å². The molecule has 1 aliphatic heterocycles. The van der Waals surface area contributed by atoms with Crippen LogP contribution in [0.5, 0.6) is 11.5 Å². The fourth-order valence-electron chi connectivity index (χ4n) is 3.73. The number of oxazole rings is 1. The van der Waals surface area contributed by atoms with Crippen molar-refractivity contribution < 1.29 is 18.7 Å². The molecule has 1 saturated carbocycles. The molecule has 1 aromatic heterocycles. The van der Waals surface area contributed by atoms with Gasteiger partial charge in [-0.1, -0.05) is 0 Å². The number of aromatic nitrogens is 1. The molecule has 1 amide bonds. The minimum absolute atomic E-state index is 0.0609. The van der Waals surface area contributed by atoms with Crippen molar-refractivity contribution in [1.82, 2.24) is 9.88 Å². The molecule has 1 aliphatic carbocycles. The Morgan fingerprint density at radius 2 is 1.96 bits per heavy atom. The van der Waals surface area contributed by atoms with E-state index >= 15 is 0 Å². The van der Waals surface area contributed by atoms with Crippen LogP contribution in [0.1, 0.15) is 46.4 Å². The number of methoxy groups -OCH3 is 2. The molecule has 6 heteroatoms. The maximum absolute atomic E-state index is 13.0. The second-order valence-electron chi connectivity index (χ2n) is 6.69. The number of hydrogen-bond donors (Lipinski definition) is 0. The summed E-state index contributed by atoms with van der Waals surface area (Å²) in [4.78, 5) is 19.2. The molecule has 1 atom stereocenters. The second-order valence-corrected chi connectivity index (χ2v) is 6.69. The largest absolute Gasteiger partial charge is 0.493 e. The van der Waals surface area contributed by atoms with Crippen molar-refractivity contribution in [3.8, 4) is 11.5 Å². The van der Waals surface area contributed by atoms with E-state index in [1.165, 1.54) is 17.4 Å².